The number of hydrogen-bond acceptors (Lipinski definition) is 4. The van der Waals surface area contributed by atoms with Crippen LogP contribution in [-0.4, -0.2) is 12.5 Å². The molecule has 0 saturated carbocycles. The average molecular weight is 434 g/mol. The van der Waals surface area contributed by atoms with Crippen LogP contribution in [0.3, 0.4) is 0 Å². The van der Waals surface area contributed by atoms with Gasteiger partial charge in [0.05, 0.1) is 0 Å². The first-order valence-corrected chi connectivity index (χ1v) is 10.1. The van der Waals surface area contributed by atoms with E-state index in [0.29, 0.717) is 40.6 Å². The largest absolute Gasteiger partial charge is 0.488 e. The topological polar surface area (TPSA) is 64.4 Å². The fraction of sp³-hybridized carbons (Fsp3) is 0.227. The molecule has 1 amide bonds. The van der Waals surface area contributed by atoms with Gasteiger partial charge in [0.2, 0.25) is 5.91 Å². The molecule has 1 heterocycles. The first kappa shape index (κ1) is 21.9. The summed E-state index contributed by atoms with van der Waals surface area (Å²) in [4.78, 5) is 10.6. The molecular formula is C22H21F3N2O2S. The van der Waals surface area contributed by atoms with Gasteiger partial charge in [0.15, 0.2) is 0 Å². The Kier molecular flexibility index (Phi) is 7.12. The van der Waals surface area contributed by atoms with Crippen LogP contribution >= 0.6 is 11.3 Å². The van der Waals surface area contributed by atoms with Gasteiger partial charge < -0.3 is 15.8 Å². The number of nitrogens with two attached hydrogens (primary N) is 1. The zero-order valence-electron chi connectivity index (χ0n) is 16.0. The minimum Gasteiger partial charge on any atom is -0.488 e. The van der Waals surface area contributed by atoms with Crippen molar-refractivity contribution in [1.82, 2.24) is 5.32 Å². The highest BCUT2D eigenvalue weighted by Gasteiger charge is 2.36. The van der Waals surface area contributed by atoms with Crippen molar-refractivity contribution in [3.63, 3.8) is 0 Å². The molecule has 0 fully saturated rings. The minimum atomic E-state index is -4.42. The fourth-order valence-electron chi connectivity index (χ4n) is 2.86. The van der Waals surface area contributed by atoms with Crippen LogP contribution in [0.4, 0.5) is 13.2 Å². The third-order valence-corrected chi connectivity index (χ3v) is 5.46. The highest BCUT2D eigenvalue weighted by Crippen LogP contribution is 2.43. The third-order valence-electron chi connectivity index (χ3n) is 4.31. The summed E-state index contributed by atoms with van der Waals surface area (Å²) in [5, 5.41) is 3.10. The summed E-state index contributed by atoms with van der Waals surface area (Å²) in [6.45, 7) is 1.13. The molecule has 30 heavy (non-hydrogen) atoms. The van der Waals surface area contributed by atoms with E-state index in [9.17, 15) is 18.0 Å². The van der Waals surface area contributed by atoms with Crippen molar-refractivity contribution >= 4 is 17.2 Å². The van der Waals surface area contributed by atoms with Crippen LogP contribution in [-0.2, 0) is 24.1 Å². The quantitative estimate of drug-likeness (QED) is 0.467. The number of carbonyl (C=O) groups is 1. The normalized spacial score (nSPS) is 11.4. The molecule has 3 rings (SSSR count). The molecule has 0 saturated heterocycles. The maximum Gasteiger partial charge on any atom is 0.426 e. The lowest BCUT2D eigenvalue weighted by Crippen LogP contribution is -2.21. The molecule has 0 spiro atoms. The number of thiophene rings is 1. The number of alkyl halides is 3. The Labute approximate surface area is 176 Å². The van der Waals surface area contributed by atoms with Crippen molar-refractivity contribution in [2.24, 2.45) is 5.73 Å². The van der Waals surface area contributed by atoms with Crippen LogP contribution in [0.2, 0.25) is 0 Å². The number of carbonyl (C=O) groups excluding carboxylic acids is 1. The van der Waals surface area contributed by atoms with Gasteiger partial charge >= 0.3 is 6.18 Å². The van der Waals surface area contributed by atoms with Crippen molar-refractivity contribution in [1.29, 1.82) is 0 Å². The Morgan fingerprint density at radius 3 is 2.40 bits per heavy atom. The molecule has 1 aromatic heterocycles. The molecule has 158 valence electrons. The van der Waals surface area contributed by atoms with Gasteiger partial charge in [0, 0.05) is 30.0 Å². The molecule has 3 N–H and O–H groups in total. The molecular weight excluding hydrogens is 413 g/mol. The van der Waals surface area contributed by atoms with Gasteiger partial charge in [-0.05, 0) is 29.3 Å². The lowest BCUT2D eigenvalue weighted by Gasteiger charge is -2.07. The maximum atomic E-state index is 13.5. The van der Waals surface area contributed by atoms with E-state index in [0.717, 1.165) is 5.56 Å². The number of ether oxygens (including phenoxy) is 1. The van der Waals surface area contributed by atoms with Crippen LogP contribution < -0.4 is 15.8 Å². The Bertz CT molecular complexity index is 970. The monoisotopic (exact) mass is 434 g/mol. The van der Waals surface area contributed by atoms with Gasteiger partial charge in [0.25, 0.3) is 0 Å². The first-order chi connectivity index (χ1) is 14.3. The molecule has 0 aliphatic heterocycles. The van der Waals surface area contributed by atoms with Gasteiger partial charge in [-0.15, -0.1) is 11.3 Å². The second-order valence-electron chi connectivity index (χ2n) is 6.65. The number of rotatable bonds is 9. The summed E-state index contributed by atoms with van der Waals surface area (Å²) in [6, 6.07) is 17.3. The Hall–Kier alpha value is -2.84. The number of primary amides is 1. The molecule has 0 aliphatic carbocycles. The zero-order chi connectivity index (χ0) is 21.6. The van der Waals surface area contributed by atoms with Gasteiger partial charge in [0.1, 0.15) is 17.2 Å². The maximum absolute atomic E-state index is 13.5. The highest BCUT2D eigenvalue weighted by atomic mass is 32.1. The third kappa shape index (κ3) is 6.08. The smallest absolute Gasteiger partial charge is 0.426 e. The molecule has 4 nitrogen and oxygen atoms in total. The van der Waals surface area contributed by atoms with Gasteiger partial charge in [-0.1, -0.05) is 42.5 Å². The summed E-state index contributed by atoms with van der Waals surface area (Å²) < 4.78 is 46.1. The van der Waals surface area contributed by atoms with Crippen molar-refractivity contribution < 1.29 is 22.7 Å². The van der Waals surface area contributed by atoms with Gasteiger partial charge in [-0.25, -0.2) is 0 Å². The van der Waals surface area contributed by atoms with Crippen molar-refractivity contribution in [2.75, 3.05) is 6.54 Å². The van der Waals surface area contributed by atoms with E-state index in [1.54, 1.807) is 48.5 Å². The molecule has 0 aliphatic rings. The standard InChI is InChI=1S/C22H21F3N2O2S/c23-22(24,25)21-19(16-4-2-1-3-5-16)12-18(30-21)14-29-17-8-6-15(7-9-17)13-27-11-10-20(26)28/h1-9,12,27H,10-11,13-14H2,(H2,26,28). The second kappa shape index (κ2) is 9.77. The Morgan fingerprint density at radius 2 is 1.77 bits per heavy atom. The van der Waals surface area contributed by atoms with E-state index in [1.165, 1.54) is 0 Å². The summed E-state index contributed by atoms with van der Waals surface area (Å²) in [5.41, 5.74) is 6.78. The SMILES string of the molecule is NC(=O)CCNCc1ccc(OCc2cc(-c3ccccc3)c(C(F)(F)F)s2)cc1. The number of benzene rings is 2. The predicted octanol–water partition coefficient (Wildman–Crippen LogP) is 4.98. The van der Waals surface area contributed by atoms with E-state index < -0.39 is 11.1 Å². The van der Waals surface area contributed by atoms with E-state index in [4.69, 9.17) is 10.5 Å². The number of hydrogen-bond donors (Lipinski definition) is 2. The fourth-order valence-corrected chi connectivity index (χ4v) is 3.82. The van der Waals surface area contributed by atoms with E-state index in [-0.39, 0.29) is 24.5 Å². The van der Waals surface area contributed by atoms with E-state index >= 15 is 0 Å². The van der Waals surface area contributed by atoms with Crippen LogP contribution in [0.1, 0.15) is 21.7 Å². The van der Waals surface area contributed by atoms with Gasteiger partial charge in [-0.3, -0.25) is 4.79 Å². The molecule has 8 heteroatoms. The molecule has 0 radical (unpaired) electrons. The van der Waals surface area contributed by atoms with Crippen LogP contribution in [0.5, 0.6) is 5.75 Å². The Morgan fingerprint density at radius 1 is 1.07 bits per heavy atom. The molecule has 0 atom stereocenters. The number of amides is 1. The molecule has 0 bridgehead atoms. The lowest BCUT2D eigenvalue weighted by molar-refractivity contribution is -0.133. The minimum absolute atomic E-state index is 0.0524. The second-order valence-corrected chi connectivity index (χ2v) is 7.78. The Balaban J connectivity index is 1.63. The number of halogens is 3. The lowest BCUT2D eigenvalue weighted by atomic mass is 10.1. The van der Waals surface area contributed by atoms with Crippen molar-refractivity contribution in [3.8, 4) is 16.9 Å². The predicted molar refractivity (Wildman–Crippen MR) is 111 cm³/mol. The highest BCUT2D eigenvalue weighted by molar-refractivity contribution is 7.12. The van der Waals surface area contributed by atoms with E-state index in [1.807, 2.05) is 12.1 Å². The van der Waals surface area contributed by atoms with Crippen LogP contribution in [0, 0.1) is 0 Å². The van der Waals surface area contributed by atoms with Crippen molar-refractivity contribution in [3.05, 3.63) is 76.0 Å². The molecule has 2 aromatic carbocycles. The zero-order valence-corrected chi connectivity index (χ0v) is 16.9. The average Bonchev–Trinajstić information content (AvgIpc) is 3.16. The molecule has 3 aromatic rings. The van der Waals surface area contributed by atoms with Crippen LogP contribution in [0.25, 0.3) is 11.1 Å². The summed E-state index contributed by atoms with van der Waals surface area (Å²) in [5.74, 6) is 0.211. The van der Waals surface area contributed by atoms with Crippen molar-refractivity contribution in [2.45, 2.75) is 25.7 Å². The number of nitrogens with one attached hydrogen (secondary N) is 1. The summed E-state index contributed by atoms with van der Waals surface area (Å²) in [6.07, 6.45) is -4.15. The van der Waals surface area contributed by atoms with E-state index in [2.05, 4.69) is 5.32 Å². The van der Waals surface area contributed by atoms with Crippen LogP contribution in [0.15, 0.2) is 60.7 Å². The summed E-state index contributed by atoms with van der Waals surface area (Å²) >= 11 is 0.702. The first-order valence-electron chi connectivity index (χ1n) is 9.29. The molecule has 0 unspecified atom stereocenters. The van der Waals surface area contributed by atoms with Gasteiger partial charge in [-0.2, -0.15) is 13.2 Å². The summed E-state index contributed by atoms with van der Waals surface area (Å²) in [7, 11) is 0.